The van der Waals surface area contributed by atoms with Gasteiger partial charge in [-0.05, 0) is 183 Å². The molecule has 0 unspecified atom stereocenters. The van der Waals surface area contributed by atoms with Gasteiger partial charge >= 0.3 is 0 Å². The largest absolute Gasteiger partial charge is 0.310 e. The molecule has 0 atom stereocenters. The Kier molecular flexibility index (Phi) is 10.1. The molecule has 2 nitrogen and oxygen atoms in total. The first-order valence-electron chi connectivity index (χ1n) is 27.9. The fraction of sp³-hybridized carbons (Fsp3) is 0.0649. The molecular weight excluding hydrogens is 953 g/mol. The van der Waals surface area contributed by atoms with E-state index in [1.54, 1.807) is 0 Å². The van der Waals surface area contributed by atoms with Crippen LogP contribution in [0.4, 0.5) is 28.4 Å². The maximum atomic E-state index is 2.53. The van der Waals surface area contributed by atoms with E-state index in [4.69, 9.17) is 0 Å². The molecule has 0 saturated carbocycles. The van der Waals surface area contributed by atoms with Gasteiger partial charge in [0.2, 0.25) is 0 Å². The number of rotatable bonds is 8. The summed E-state index contributed by atoms with van der Waals surface area (Å²) in [6.45, 7) is 4.80. The van der Waals surface area contributed by atoms with E-state index in [-0.39, 0.29) is 5.41 Å². The summed E-state index contributed by atoms with van der Waals surface area (Å²) < 4.78 is 0. The van der Waals surface area contributed by atoms with Crippen molar-refractivity contribution in [3.8, 4) is 33.4 Å². The van der Waals surface area contributed by atoms with Crippen LogP contribution >= 0.6 is 0 Å². The lowest BCUT2D eigenvalue weighted by molar-refractivity contribution is 0.660. The van der Waals surface area contributed by atoms with Crippen LogP contribution in [0.1, 0.15) is 37.8 Å². The third-order valence-electron chi connectivity index (χ3n) is 17.5. The van der Waals surface area contributed by atoms with Crippen LogP contribution in [0.15, 0.2) is 273 Å². The predicted molar refractivity (Wildman–Crippen MR) is 338 cm³/mol. The lowest BCUT2D eigenvalue weighted by Crippen LogP contribution is -2.16. The highest BCUT2D eigenvalue weighted by molar-refractivity contribution is 6.30. The van der Waals surface area contributed by atoms with Crippen LogP contribution in [-0.4, -0.2) is 0 Å². The Morgan fingerprint density at radius 2 is 0.873 bits per heavy atom. The van der Waals surface area contributed by atoms with Crippen LogP contribution in [0.5, 0.6) is 0 Å². The van der Waals surface area contributed by atoms with E-state index in [0.29, 0.717) is 0 Å². The van der Waals surface area contributed by atoms with Crippen LogP contribution < -0.4 is 9.80 Å². The molecule has 0 N–H and O–H groups in total. The Balaban J connectivity index is 1.06. The maximum Gasteiger partial charge on any atom is 0.0540 e. The van der Waals surface area contributed by atoms with E-state index in [2.05, 4.69) is 291 Å². The SMILES string of the molecule is CC1(C)c2ccccc2-c2ccc(-c3c4cc(N(C5=CCCC=C5)c5cccc6ccccc56)ccc4c(-c4ccc5ccc6cccc7ccc4c5c67)c4cc(N(c5ccccc5)c5cccc6ccccc56)ccc34)cc21. The van der Waals surface area contributed by atoms with E-state index in [1.807, 2.05) is 0 Å². The zero-order chi connectivity index (χ0) is 52.3. The van der Waals surface area contributed by atoms with Crippen molar-refractivity contribution < 1.29 is 0 Å². The molecule has 2 heteroatoms. The average Bonchev–Trinajstić information content (AvgIpc) is 3.91. The topological polar surface area (TPSA) is 6.48 Å². The van der Waals surface area contributed by atoms with Crippen LogP contribution in [0.25, 0.3) is 109 Å². The second kappa shape index (κ2) is 17.6. The Hall–Kier alpha value is -9.76. The molecule has 372 valence electrons. The second-order valence-corrected chi connectivity index (χ2v) is 22.2. The summed E-state index contributed by atoms with van der Waals surface area (Å²) in [6, 6.07) is 93.8. The Morgan fingerprint density at radius 3 is 1.61 bits per heavy atom. The summed E-state index contributed by atoms with van der Waals surface area (Å²) in [7, 11) is 0. The Morgan fingerprint density at radius 1 is 0.329 bits per heavy atom. The van der Waals surface area contributed by atoms with Crippen molar-refractivity contribution in [3.05, 3.63) is 284 Å². The summed E-state index contributed by atoms with van der Waals surface area (Å²) in [5, 5.41) is 17.4. The number of nitrogens with zero attached hydrogens (tertiary/aromatic N) is 2. The van der Waals surface area contributed by atoms with E-state index in [9.17, 15) is 0 Å². The summed E-state index contributed by atoms with van der Waals surface area (Å²) in [6.07, 6.45) is 9.09. The van der Waals surface area contributed by atoms with Crippen LogP contribution in [0.2, 0.25) is 0 Å². The molecule has 0 aromatic heterocycles. The van der Waals surface area contributed by atoms with Crippen LogP contribution in [0, 0.1) is 0 Å². The minimum atomic E-state index is -0.187. The van der Waals surface area contributed by atoms with Gasteiger partial charge in [0.25, 0.3) is 0 Å². The average molecular weight is 1010 g/mol. The number of para-hydroxylation sites is 1. The molecule has 14 aromatic rings. The molecule has 0 saturated heterocycles. The van der Waals surface area contributed by atoms with Gasteiger partial charge < -0.3 is 9.80 Å². The number of anilines is 5. The quantitative estimate of drug-likeness (QED) is 0.111. The van der Waals surface area contributed by atoms with Gasteiger partial charge in [-0.3, -0.25) is 0 Å². The summed E-state index contributed by atoms with van der Waals surface area (Å²) in [5.74, 6) is 0. The van der Waals surface area contributed by atoms with Gasteiger partial charge in [0.1, 0.15) is 0 Å². The molecule has 0 heterocycles. The molecule has 2 aliphatic rings. The van der Waals surface area contributed by atoms with Gasteiger partial charge in [-0.25, -0.2) is 0 Å². The highest BCUT2D eigenvalue weighted by Gasteiger charge is 2.36. The number of allylic oxidation sites excluding steroid dienone is 3. The summed E-state index contributed by atoms with van der Waals surface area (Å²) in [5.41, 5.74) is 16.9. The van der Waals surface area contributed by atoms with Crippen molar-refractivity contribution in [1.82, 2.24) is 0 Å². The smallest absolute Gasteiger partial charge is 0.0540 e. The molecule has 0 aliphatic heterocycles. The standard InChI is InChI=1S/C77H54N2/c1-77(2)69-31-14-13-30-61(69)62-41-38-54(46-70(62)77)74-65-44-39-58(79(56-26-7-4-8-27-56)72-33-17-21-50-19-10-12-29-60(50)72)48-68(65)76(64-43-37-53-35-34-51-22-15-23-52-36-42-63(64)75(53)73(51)52)66-45-40-57(47-67(66)74)78(55-24-5-3-6-25-55)71-32-16-20-49-18-9-11-28-59(49)71/h4-5,7-48H,3,6H2,1-2H3. The molecular formula is C77H54N2. The first-order chi connectivity index (χ1) is 39.0. The highest BCUT2D eigenvalue weighted by Crippen LogP contribution is 2.54. The van der Waals surface area contributed by atoms with Crippen molar-refractivity contribution in [2.45, 2.75) is 32.1 Å². The molecule has 0 fully saturated rings. The summed E-state index contributed by atoms with van der Waals surface area (Å²) >= 11 is 0. The van der Waals surface area contributed by atoms with Gasteiger partial charge in [0.15, 0.2) is 0 Å². The van der Waals surface area contributed by atoms with Crippen molar-refractivity contribution in [1.29, 1.82) is 0 Å². The molecule has 16 rings (SSSR count). The normalized spacial score (nSPS) is 13.7. The first-order valence-corrected chi connectivity index (χ1v) is 27.9. The molecule has 0 radical (unpaired) electrons. The monoisotopic (exact) mass is 1010 g/mol. The number of hydrogen-bond donors (Lipinski definition) is 0. The third-order valence-corrected chi connectivity index (χ3v) is 17.5. The van der Waals surface area contributed by atoms with Crippen molar-refractivity contribution in [3.63, 3.8) is 0 Å². The van der Waals surface area contributed by atoms with Gasteiger partial charge in [-0.1, -0.05) is 220 Å². The molecule has 2 aliphatic carbocycles. The second-order valence-electron chi connectivity index (χ2n) is 22.2. The van der Waals surface area contributed by atoms with Crippen molar-refractivity contribution >= 4 is 104 Å². The first kappa shape index (κ1) is 45.4. The minimum absolute atomic E-state index is 0.187. The fourth-order valence-corrected chi connectivity index (χ4v) is 13.9. The maximum absolute atomic E-state index is 2.53. The lowest BCUT2D eigenvalue weighted by atomic mass is 9.80. The fourth-order valence-electron chi connectivity index (χ4n) is 13.9. The molecule has 0 bridgehead atoms. The lowest BCUT2D eigenvalue weighted by Gasteiger charge is -2.30. The number of fused-ring (bicyclic) bond motifs is 7. The van der Waals surface area contributed by atoms with Crippen molar-refractivity contribution in [2.24, 2.45) is 0 Å². The Labute approximate surface area is 460 Å². The molecule has 14 aromatic carbocycles. The van der Waals surface area contributed by atoms with Gasteiger partial charge in [0.05, 0.1) is 11.4 Å². The van der Waals surface area contributed by atoms with Gasteiger partial charge in [-0.2, -0.15) is 0 Å². The molecule has 0 amide bonds. The van der Waals surface area contributed by atoms with E-state index in [0.717, 1.165) is 35.6 Å². The van der Waals surface area contributed by atoms with Crippen LogP contribution in [-0.2, 0) is 5.41 Å². The van der Waals surface area contributed by atoms with Gasteiger partial charge in [-0.15, -0.1) is 0 Å². The third kappa shape index (κ3) is 6.97. The molecule has 79 heavy (non-hydrogen) atoms. The van der Waals surface area contributed by atoms with Gasteiger partial charge in [0, 0.05) is 38.9 Å². The zero-order valence-corrected chi connectivity index (χ0v) is 44.2. The van der Waals surface area contributed by atoms with Crippen LogP contribution in [0.3, 0.4) is 0 Å². The Bertz CT molecular complexity index is 4860. The molecule has 0 spiro atoms. The van der Waals surface area contributed by atoms with E-state index >= 15 is 0 Å². The number of benzene rings is 14. The zero-order valence-electron chi connectivity index (χ0n) is 44.2. The van der Waals surface area contributed by atoms with E-state index < -0.39 is 0 Å². The van der Waals surface area contributed by atoms with E-state index in [1.165, 1.54) is 131 Å². The number of hydrogen-bond acceptors (Lipinski definition) is 2. The summed E-state index contributed by atoms with van der Waals surface area (Å²) in [4.78, 5) is 4.97. The predicted octanol–water partition coefficient (Wildman–Crippen LogP) is 21.7. The van der Waals surface area contributed by atoms with Crippen molar-refractivity contribution in [2.75, 3.05) is 9.80 Å². The minimum Gasteiger partial charge on any atom is -0.310 e. The highest BCUT2D eigenvalue weighted by atomic mass is 15.2.